The molecule has 116 valence electrons. The van der Waals surface area contributed by atoms with Crippen molar-refractivity contribution in [2.45, 2.75) is 26.4 Å². The Kier molecular flexibility index (Phi) is 5.12. The van der Waals surface area contributed by atoms with Gasteiger partial charge in [0, 0.05) is 6.54 Å². The highest BCUT2D eigenvalue weighted by atomic mass is 19.3. The van der Waals surface area contributed by atoms with Crippen LogP contribution in [0.15, 0.2) is 24.3 Å². The molecule has 0 atom stereocenters. The standard InChI is InChI=1S/C15H20F2N2O2/c1-15(6-8-18-9-7-15)10-19-13(20)11-4-2-3-5-12(11)21-14(16)17/h2-5,14,18H,6-10H2,1H3,(H,19,20). The molecule has 1 amide bonds. The van der Waals surface area contributed by atoms with Crippen LogP contribution in [0.25, 0.3) is 0 Å². The molecule has 1 fully saturated rings. The number of para-hydroxylation sites is 1. The molecule has 1 aliphatic rings. The molecule has 2 rings (SSSR count). The minimum absolute atomic E-state index is 0.0411. The second kappa shape index (κ2) is 6.85. The zero-order chi connectivity index (χ0) is 15.3. The van der Waals surface area contributed by atoms with Crippen LogP contribution in [0.5, 0.6) is 5.75 Å². The first-order valence-corrected chi connectivity index (χ1v) is 7.03. The fourth-order valence-corrected chi connectivity index (χ4v) is 2.45. The summed E-state index contributed by atoms with van der Waals surface area (Å²) in [5.74, 6) is -0.480. The zero-order valence-corrected chi connectivity index (χ0v) is 12.0. The molecule has 0 spiro atoms. The molecule has 0 radical (unpaired) electrons. The van der Waals surface area contributed by atoms with Gasteiger partial charge < -0.3 is 15.4 Å². The third kappa shape index (κ3) is 4.39. The van der Waals surface area contributed by atoms with Crippen LogP contribution < -0.4 is 15.4 Å². The fraction of sp³-hybridized carbons (Fsp3) is 0.533. The lowest BCUT2D eigenvalue weighted by Crippen LogP contribution is -2.43. The van der Waals surface area contributed by atoms with E-state index in [1.807, 2.05) is 0 Å². The lowest BCUT2D eigenvalue weighted by Gasteiger charge is -2.34. The largest absolute Gasteiger partial charge is 0.434 e. The van der Waals surface area contributed by atoms with Crippen molar-refractivity contribution >= 4 is 5.91 Å². The minimum Gasteiger partial charge on any atom is -0.434 e. The molecule has 21 heavy (non-hydrogen) atoms. The second-order valence-corrected chi connectivity index (χ2v) is 5.62. The average molecular weight is 298 g/mol. The number of carbonyl (C=O) groups is 1. The number of carbonyl (C=O) groups excluding carboxylic acids is 1. The summed E-state index contributed by atoms with van der Waals surface area (Å²) in [6.45, 7) is 1.56. The number of rotatable bonds is 5. The average Bonchev–Trinajstić information content (AvgIpc) is 2.46. The quantitative estimate of drug-likeness (QED) is 0.877. The molecular weight excluding hydrogens is 278 g/mol. The monoisotopic (exact) mass is 298 g/mol. The van der Waals surface area contributed by atoms with Gasteiger partial charge in [-0.3, -0.25) is 4.79 Å². The Labute approximate surface area is 122 Å². The van der Waals surface area contributed by atoms with Crippen molar-refractivity contribution in [3.8, 4) is 5.75 Å². The molecule has 1 aliphatic heterocycles. The van der Waals surface area contributed by atoms with E-state index in [4.69, 9.17) is 0 Å². The van der Waals surface area contributed by atoms with E-state index in [1.165, 1.54) is 12.1 Å². The van der Waals surface area contributed by atoms with Crippen LogP contribution in [0.4, 0.5) is 8.78 Å². The Morgan fingerprint density at radius 2 is 2.05 bits per heavy atom. The van der Waals surface area contributed by atoms with E-state index >= 15 is 0 Å². The number of benzene rings is 1. The van der Waals surface area contributed by atoms with Crippen LogP contribution in [0.2, 0.25) is 0 Å². The van der Waals surface area contributed by atoms with E-state index < -0.39 is 6.61 Å². The molecule has 1 aromatic rings. The van der Waals surface area contributed by atoms with Gasteiger partial charge in [0.1, 0.15) is 5.75 Å². The van der Waals surface area contributed by atoms with Crippen LogP contribution >= 0.6 is 0 Å². The van der Waals surface area contributed by atoms with Crippen molar-refractivity contribution in [2.75, 3.05) is 19.6 Å². The number of alkyl halides is 2. The van der Waals surface area contributed by atoms with Gasteiger partial charge in [0.05, 0.1) is 5.56 Å². The van der Waals surface area contributed by atoms with Gasteiger partial charge in [-0.15, -0.1) is 0 Å². The van der Waals surface area contributed by atoms with Crippen molar-refractivity contribution < 1.29 is 18.3 Å². The number of halogens is 2. The highest BCUT2D eigenvalue weighted by Crippen LogP contribution is 2.27. The van der Waals surface area contributed by atoms with Gasteiger partial charge in [0.25, 0.3) is 5.91 Å². The number of hydrogen-bond donors (Lipinski definition) is 2. The maximum absolute atomic E-state index is 12.3. The predicted molar refractivity (Wildman–Crippen MR) is 75.6 cm³/mol. The van der Waals surface area contributed by atoms with Crippen molar-refractivity contribution in [3.05, 3.63) is 29.8 Å². The molecule has 1 saturated heterocycles. The summed E-state index contributed by atoms with van der Waals surface area (Å²) in [5.41, 5.74) is 0.176. The third-order valence-corrected chi connectivity index (χ3v) is 3.83. The smallest absolute Gasteiger partial charge is 0.387 e. The van der Waals surface area contributed by atoms with E-state index in [0.717, 1.165) is 25.9 Å². The molecule has 0 aromatic heterocycles. The van der Waals surface area contributed by atoms with Gasteiger partial charge in [0.2, 0.25) is 0 Å². The Balaban J connectivity index is 2.00. The van der Waals surface area contributed by atoms with Crippen molar-refractivity contribution in [2.24, 2.45) is 5.41 Å². The molecular formula is C15H20F2N2O2. The van der Waals surface area contributed by atoms with Crippen LogP contribution in [0, 0.1) is 5.41 Å². The summed E-state index contributed by atoms with van der Waals surface area (Å²) < 4.78 is 29.1. The van der Waals surface area contributed by atoms with E-state index in [-0.39, 0.29) is 22.6 Å². The predicted octanol–water partition coefficient (Wildman–Crippen LogP) is 2.41. The second-order valence-electron chi connectivity index (χ2n) is 5.62. The fourth-order valence-electron chi connectivity index (χ4n) is 2.45. The van der Waals surface area contributed by atoms with E-state index in [0.29, 0.717) is 6.54 Å². The summed E-state index contributed by atoms with van der Waals surface area (Å²) >= 11 is 0. The van der Waals surface area contributed by atoms with Crippen LogP contribution in [0.1, 0.15) is 30.1 Å². The molecule has 0 bridgehead atoms. The van der Waals surface area contributed by atoms with Crippen LogP contribution in [-0.4, -0.2) is 32.2 Å². The summed E-state index contributed by atoms with van der Waals surface area (Å²) in [6, 6.07) is 6.03. The van der Waals surface area contributed by atoms with E-state index in [9.17, 15) is 13.6 Å². The molecule has 6 heteroatoms. The Bertz CT molecular complexity index is 488. The highest BCUT2D eigenvalue weighted by Gasteiger charge is 2.27. The zero-order valence-electron chi connectivity index (χ0n) is 12.0. The number of ether oxygens (including phenoxy) is 1. The summed E-state index contributed by atoms with van der Waals surface area (Å²) in [5, 5.41) is 6.11. The third-order valence-electron chi connectivity index (χ3n) is 3.83. The van der Waals surface area contributed by atoms with Gasteiger partial charge in [-0.25, -0.2) is 0 Å². The topological polar surface area (TPSA) is 50.4 Å². The van der Waals surface area contributed by atoms with Gasteiger partial charge in [0.15, 0.2) is 0 Å². The van der Waals surface area contributed by atoms with Crippen LogP contribution in [0.3, 0.4) is 0 Å². The lowest BCUT2D eigenvalue weighted by atomic mass is 9.81. The van der Waals surface area contributed by atoms with Crippen molar-refractivity contribution in [1.82, 2.24) is 10.6 Å². The summed E-state index contributed by atoms with van der Waals surface area (Å²) in [4.78, 5) is 12.2. The molecule has 0 saturated carbocycles. The number of nitrogens with one attached hydrogen (secondary N) is 2. The SMILES string of the molecule is CC1(CNC(=O)c2ccccc2OC(F)F)CCNCC1. The molecule has 0 aliphatic carbocycles. The number of hydrogen-bond acceptors (Lipinski definition) is 3. The summed E-state index contributed by atoms with van der Waals surface area (Å²) in [6.07, 6.45) is 1.95. The van der Waals surface area contributed by atoms with Crippen molar-refractivity contribution in [1.29, 1.82) is 0 Å². The minimum atomic E-state index is -2.94. The van der Waals surface area contributed by atoms with Gasteiger partial charge >= 0.3 is 6.61 Å². The molecule has 2 N–H and O–H groups in total. The summed E-state index contributed by atoms with van der Waals surface area (Å²) in [7, 11) is 0. The number of piperidine rings is 1. The normalized spacial score (nSPS) is 17.5. The first kappa shape index (κ1) is 15.7. The molecule has 1 aromatic carbocycles. The Hall–Kier alpha value is -1.69. The molecule has 1 heterocycles. The first-order valence-electron chi connectivity index (χ1n) is 7.03. The Morgan fingerprint density at radius 3 is 2.71 bits per heavy atom. The lowest BCUT2D eigenvalue weighted by molar-refractivity contribution is -0.0501. The van der Waals surface area contributed by atoms with E-state index in [1.54, 1.807) is 12.1 Å². The van der Waals surface area contributed by atoms with Crippen LogP contribution in [-0.2, 0) is 0 Å². The number of amides is 1. The molecule has 4 nitrogen and oxygen atoms in total. The van der Waals surface area contributed by atoms with Gasteiger partial charge in [-0.1, -0.05) is 19.1 Å². The Morgan fingerprint density at radius 1 is 1.38 bits per heavy atom. The molecule has 0 unspecified atom stereocenters. The van der Waals surface area contributed by atoms with Crippen molar-refractivity contribution in [3.63, 3.8) is 0 Å². The van der Waals surface area contributed by atoms with Gasteiger partial charge in [-0.2, -0.15) is 8.78 Å². The highest BCUT2D eigenvalue weighted by molar-refractivity contribution is 5.96. The van der Waals surface area contributed by atoms with Gasteiger partial charge in [-0.05, 0) is 43.5 Å². The first-order chi connectivity index (χ1) is 10.0. The maximum Gasteiger partial charge on any atom is 0.387 e. The maximum atomic E-state index is 12.3. The van der Waals surface area contributed by atoms with E-state index in [2.05, 4.69) is 22.3 Å².